The van der Waals surface area contributed by atoms with Crippen LogP contribution in [-0.4, -0.2) is 89.1 Å². The summed E-state index contributed by atoms with van der Waals surface area (Å²) < 4.78 is 2.37. The van der Waals surface area contributed by atoms with E-state index >= 15 is 0 Å². The van der Waals surface area contributed by atoms with E-state index in [4.69, 9.17) is 0 Å². The van der Waals surface area contributed by atoms with Gasteiger partial charge in [-0.3, -0.25) is 0 Å². The van der Waals surface area contributed by atoms with Crippen LogP contribution in [0.4, 0.5) is 0 Å². The minimum Gasteiger partial charge on any atom is -0.244 e. The van der Waals surface area contributed by atoms with E-state index in [1.54, 1.807) is 0 Å². The largest absolute Gasteiger partial charge is 0.357 e. The summed E-state index contributed by atoms with van der Waals surface area (Å²) in [5.41, 5.74) is 0. The van der Waals surface area contributed by atoms with Crippen molar-refractivity contribution < 1.29 is 8.97 Å². The summed E-state index contributed by atoms with van der Waals surface area (Å²) in [5, 5.41) is 0. The Morgan fingerprint density at radius 3 is 1.90 bits per heavy atom. The first-order chi connectivity index (χ1) is 13.7. The van der Waals surface area contributed by atoms with Gasteiger partial charge < -0.3 is 0 Å². The maximum Gasteiger partial charge on any atom is 0.357 e. The van der Waals surface area contributed by atoms with Gasteiger partial charge in [0.05, 0.1) is 39.8 Å². The Hall–Kier alpha value is -0.160. The summed E-state index contributed by atoms with van der Waals surface area (Å²) in [4.78, 5) is 6.06. The molecular formula is C25H54N4+2. The molecule has 29 heavy (non-hydrogen) atoms. The predicted molar refractivity (Wildman–Crippen MR) is 126 cm³/mol. The quantitative estimate of drug-likeness (QED) is 0.463. The van der Waals surface area contributed by atoms with Crippen LogP contribution >= 0.6 is 0 Å². The molecule has 0 aliphatic carbocycles. The molecule has 1 spiro atoms. The number of hydrogen-bond donors (Lipinski definition) is 0. The molecule has 4 heteroatoms. The van der Waals surface area contributed by atoms with E-state index in [1.807, 2.05) is 0 Å². The average molecular weight is 411 g/mol. The summed E-state index contributed by atoms with van der Waals surface area (Å²) in [5.74, 6) is 0.0635. The molecule has 2 rings (SSSR count). The second kappa shape index (κ2) is 9.54. The second-order valence-corrected chi connectivity index (χ2v) is 10.5. The van der Waals surface area contributed by atoms with Gasteiger partial charge in [0.15, 0.2) is 0 Å². The molecule has 0 N–H and O–H groups in total. The molecule has 2 heterocycles. The maximum absolute atomic E-state index is 3.06. The van der Waals surface area contributed by atoms with Gasteiger partial charge in [0.2, 0.25) is 0 Å². The van der Waals surface area contributed by atoms with E-state index in [1.165, 1.54) is 73.7 Å². The molecule has 4 nitrogen and oxygen atoms in total. The molecular weight excluding hydrogens is 356 g/mol. The van der Waals surface area contributed by atoms with Crippen molar-refractivity contribution in [3.05, 3.63) is 0 Å². The Labute approximate surface area is 183 Å². The van der Waals surface area contributed by atoms with Gasteiger partial charge in [0.25, 0.3) is 0 Å². The van der Waals surface area contributed by atoms with Crippen LogP contribution in [0, 0.1) is 0 Å². The molecule has 172 valence electrons. The Kier molecular flexibility index (Phi) is 8.26. The summed E-state index contributed by atoms with van der Waals surface area (Å²) in [7, 11) is 5.22. The van der Waals surface area contributed by atoms with Crippen LogP contribution in [0.15, 0.2) is 0 Å². The van der Waals surface area contributed by atoms with E-state index in [0.717, 1.165) is 6.04 Å². The third-order valence-corrected chi connectivity index (χ3v) is 9.15. The highest BCUT2D eigenvalue weighted by molar-refractivity contribution is 4.97. The molecule has 2 saturated heterocycles. The minimum atomic E-state index is 0.0635. The lowest BCUT2D eigenvalue weighted by atomic mass is 10.1. The fourth-order valence-electron chi connectivity index (χ4n) is 7.17. The molecule has 0 saturated carbocycles. The Morgan fingerprint density at radius 2 is 1.45 bits per heavy atom. The third-order valence-electron chi connectivity index (χ3n) is 9.15. The van der Waals surface area contributed by atoms with E-state index < -0.39 is 0 Å². The highest BCUT2D eigenvalue weighted by atomic mass is 15.9. The van der Waals surface area contributed by atoms with Crippen LogP contribution in [-0.2, 0) is 0 Å². The van der Waals surface area contributed by atoms with Crippen LogP contribution in [0.2, 0.25) is 0 Å². The van der Waals surface area contributed by atoms with Crippen molar-refractivity contribution in [2.45, 2.75) is 124 Å². The summed E-state index contributed by atoms with van der Waals surface area (Å²) in [6.45, 7) is 24.5. The van der Waals surface area contributed by atoms with Gasteiger partial charge in [-0.2, -0.15) is 9.80 Å². The lowest BCUT2D eigenvalue weighted by Crippen LogP contribution is -2.83. The lowest BCUT2D eigenvalue weighted by molar-refractivity contribution is -1.17. The molecule has 2 aliphatic rings. The fraction of sp³-hybridized carbons (Fsp3) is 1.00. The fourth-order valence-corrected chi connectivity index (χ4v) is 7.17. The average Bonchev–Trinajstić information content (AvgIpc) is 3.13. The SMILES string of the molecule is CCCC1C[N@@+](C)(CC)C2(N(C(C)CC)CC(CCC)[N@@+]2(C)CC)N1C(C)CC. The molecule has 2 aliphatic heterocycles. The Balaban J connectivity index is 2.83. The standard InChI is InChI=1S/C25H54N4/c1-11-17-23-20-28(9,15-5)25(27(23)22(8)14-4)26(21(7)13-3)19-24(18-12-2)29(25,10)16-6/h21-24H,11-20H2,1-10H3/q+2/t21?,22?,23?,24?,25?,28-,29-/m1/s1. The number of likely N-dealkylation sites (N-methyl/N-ethyl adjacent to an activating group) is 2. The predicted octanol–water partition coefficient (Wildman–Crippen LogP) is 5.10. The molecule has 0 aromatic carbocycles. The summed E-state index contributed by atoms with van der Waals surface area (Å²) in [6.07, 6.45) is 7.73. The molecule has 0 bridgehead atoms. The van der Waals surface area contributed by atoms with Crippen LogP contribution in [0.5, 0.6) is 0 Å². The summed E-state index contributed by atoms with van der Waals surface area (Å²) >= 11 is 0. The first-order valence-electron chi connectivity index (χ1n) is 12.9. The molecule has 7 atom stereocenters. The zero-order chi connectivity index (χ0) is 22.0. The first-order valence-corrected chi connectivity index (χ1v) is 12.9. The highest BCUT2D eigenvalue weighted by Crippen LogP contribution is 2.54. The number of hydrogen-bond acceptors (Lipinski definition) is 2. The van der Waals surface area contributed by atoms with Crippen molar-refractivity contribution in [1.82, 2.24) is 9.80 Å². The van der Waals surface area contributed by atoms with Crippen molar-refractivity contribution in [3.63, 3.8) is 0 Å². The zero-order valence-electron chi connectivity index (χ0n) is 21.7. The third kappa shape index (κ3) is 3.50. The van der Waals surface area contributed by atoms with Crippen LogP contribution in [0.1, 0.15) is 93.9 Å². The topological polar surface area (TPSA) is 6.48 Å². The monoisotopic (exact) mass is 410 g/mol. The minimum absolute atomic E-state index is 0.0635. The molecule has 5 unspecified atom stereocenters. The van der Waals surface area contributed by atoms with E-state index in [9.17, 15) is 0 Å². The van der Waals surface area contributed by atoms with Crippen LogP contribution < -0.4 is 0 Å². The van der Waals surface area contributed by atoms with Crippen LogP contribution in [0.3, 0.4) is 0 Å². The molecule has 0 radical (unpaired) electrons. The number of rotatable bonds is 10. The highest BCUT2D eigenvalue weighted by Gasteiger charge is 2.79. The van der Waals surface area contributed by atoms with E-state index in [0.29, 0.717) is 18.1 Å². The van der Waals surface area contributed by atoms with E-state index in [2.05, 4.69) is 79.3 Å². The van der Waals surface area contributed by atoms with E-state index in [-0.39, 0.29) is 5.91 Å². The lowest BCUT2D eigenvalue weighted by Gasteiger charge is -2.58. The molecule has 2 fully saturated rings. The van der Waals surface area contributed by atoms with Gasteiger partial charge >= 0.3 is 5.91 Å². The Morgan fingerprint density at radius 1 is 0.862 bits per heavy atom. The van der Waals surface area contributed by atoms with Gasteiger partial charge in [0.1, 0.15) is 12.6 Å². The normalized spacial score (nSPS) is 40.8. The number of quaternary nitrogens is 2. The van der Waals surface area contributed by atoms with Crippen molar-refractivity contribution in [2.75, 3.05) is 40.3 Å². The zero-order valence-corrected chi connectivity index (χ0v) is 21.7. The van der Waals surface area contributed by atoms with Gasteiger partial charge in [-0.25, -0.2) is 8.97 Å². The molecule has 0 aromatic heterocycles. The molecule has 0 amide bonds. The van der Waals surface area contributed by atoms with Crippen LogP contribution in [0.25, 0.3) is 0 Å². The van der Waals surface area contributed by atoms with Crippen molar-refractivity contribution in [3.8, 4) is 0 Å². The summed E-state index contributed by atoms with van der Waals surface area (Å²) in [6, 6.07) is 2.66. The van der Waals surface area contributed by atoms with Gasteiger partial charge in [0, 0.05) is 18.5 Å². The smallest absolute Gasteiger partial charge is 0.244 e. The number of nitrogens with zero attached hydrogens (tertiary/aromatic N) is 4. The van der Waals surface area contributed by atoms with Gasteiger partial charge in [-0.1, -0.05) is 40.5 Å². The van der Waals surface area contributed by atoms with Gasteiger partial charge in [-0.05, 0) is 47.0 Å². The first kappa shape index (κ1) is 25.1. The maximum atomic E-state index is 3.06. The van der Waals surface area contributed by atoms with Gasteiger partial charge in [-0.15, -0.1) is 0 Å². The van der Waals surface area contributed by atoms with Crippen molar-refractivity contribution in [2.24, 2.45) is 0 Å². The second-order valence-electron chi connectivity index (χ2n) is 10.5. The molecule has 0 aromatic rings. The van der Waals surface area contributed by atoms with Crippen molar-refractivity contribution in [1.29, 1.82) is 0 Å². The Bertz CT molecular complexity index is 525. The van der Waals surface area contributed by atoms with Crippen molar-refractivity contribution >= 4 is 0 Å².